The lowest BCUT2D eigenvalue weighted by molar-refractivity contribution is -0.274. The van der Waals surface area contributed by atoms with Gasteiger partial charge in [0.2, 0.25) is 0 Å². The molecule has 0 fully saturated rings. The summed E-state index contributed by atoms with van der Waals surface area (Å²) in [7, 11) is 0. The molecular weight excluding hydrogens is 335 g/mol. The standard InChI is InChI=1S/C17H16F3N3O2/c1-11-10-23-13(3-2-4-15(23)21-11)9-16(24)22-12-5-7-14(8-6-12)25-17(18,19)20/h2-8,10,16,22,24H,9H2,1H3. The molecule has 0 radical (unpaired) electrons. The fourth-order valence-corrected chi connectivity index (χ4v) is 2.55. The lowest BCUT2D eigenvalue weighted by Gasteiger charge is -2.16. The molecule has 8 heteroatoms. The maximum absolute atomic E-state index is 12.1. The summed E-state index contributed by atoms with van der Waals surface area (Å²) in [5.74, 6) is -0.314. The second-order valence-corrected chi connectivity index (χ2v) is 5.56. The molecule has 1 atom stereocenters. The molecule has 2 N–H and O–H groups in total. The molecule has 0 bridgehead atoms. The molecule has 0 amide bonds. The van der Waals surface area contributed by atoms with Gasteiger partial charge < -0.3 is 19.6 Å². The van der Waals surface area contributed by atoms with Gasteiger partial charge in [-0.25, -0.2) is 4.98 Å². The van der Waals surface area contributed by atoms with Crippen LogP contribution in [0.1, 0.15) is 11.4 Å². The second-order valence-electron chi connectivity index (χ2n) is 5.56. The van der Waals surface area contributed by atoms with Crippen LogP contribution in [0.2, 0.25) is 0 Å². The van der Waals surface area contributed by atoms with Crippen LogP contribution in [-0.4, -0.2) is 27.1 Å². The van der Waals surface area contributed by atoms with Gasteiger partial charge in [0, 0.05) is 24.0 Å². The van der Waals surface area contributed by atoms with E-state index in [9.17, 15) is 18.3 Å². The normalized spacial score (nSPS) is 13.0. The van der Waals surface area contributed by atoms with E-state index in [0.717, 1.165) is 17.0 Å². The first-order chi connectivity index (χ1) is 11.8. The Morgan fingerprint density at radius 3 is 2.60 bits per heavy atom. The van der Waals surface area contributed by atoms with Gasteiger partial charge in [-0.2, -0.15) is 0 Å². The fraction of sp³-hybridized carbons (Fsp3) is 0.235. The Morgan fingerprint density at radius 1 is 1.20 bits per heavy atom. The number of halogens is 3. The molecule has 1 unspecified atom stereocenters. The molecule has 2 heterocycles. The molecule has 5 nitrogen and oxygen atoms in total. The minimum absolute atomic E-state index is 0.300. The van der Waals surface area contributed by atoms with Gasteiger partial charge in [0.1, 0.15) is 17.6 Å². The summed E-state index contributed by atoms with van der Waals surface area (Å²) in [5, 5.41) is 13.1. The first-order valence-electron chi connectivity index (χ1n) is 7.54. The predicted octanol–water partition coefficient (Wildman–Crippen LogP) is 3.51. The molecule has 0 saturated heterocycles. The Labute approximate surface area is 141 Å². The number of ether oxygens (including phenoxy) is 1. The van der Waals surface area contributed by atoms with Crippen molar-refractivity contribution >= 4 is 11.3 Å². The van der Waals surface area contributed by atoms with E-state index >= 15 is 0 Å². The Balaban J connectivity index is 1.66. The highest BCUT2D eigenvalue weighted by Gasteiger charge is 2.30. The van der Waals surface area contributed by atoms with Crippen molar-refractivity contribution in [2.45, 2.75) is 25.9 Å². The van der Waals surface area contributed by atoms with Crippen LogP contribution in [0.25, 0.3) is 5.65 Å². The number of anilines is 1. The summed E-state index contributed by atoms with van der Waals surface area (Å²) in [4.78, 5) is 4.36. The van der Waals surface area contributed by atoms with E-state index in [1.54, 1.807) is 0 Å². The third-order valence-corrected chi connectivity index (χ3v) is 3.52. The lowest BCUT2D eigenvalue weighted by Crippen LogP contribution is -2.22. The van der Waals surface area contributed by atoms with E-state index in [1.165, 1.54) is 24.3 Å². The summed E-state index contributed by atoms with van der Waals surface area (Å²) in [6.07, 6.45) is -3.47. The van der Waals surface area contributed by atoms with Gasteiger partial charge in [0.05, 0.1) is 5.69 Å². The van der Waals surface area contributed by atoms with Crippen LogP contribution in [-0.2, 0) is 6.42 Å². The van der Waals surface area contributed by atoms with E-state index in [2.05, 4.69) is 15.0 Å². The molecule has 0 aliphatic rings. The number of aromatic nitrogens is 2. The number of fused-ring (bicyclic) bond motifs is 1. The first kappa shape index (κ1) is 17.1. The van der Waals surface area contributed by atoms with E-state index in [4.69, 9.17) is 0 Å². The van der Waals surface area contributed by atoms with Crippen LogP contribution in [0.4, 0.5) is 18.9 Å². The SMILES string of the molecule is Cc1cn2c(CC(O)Nc3ccc(OC(F)(F)F)cc3)cccc2n1. The largest absolute Gasteiger partial charge is 0.573 e. The number of nitrogens with zero attached hydrogens (tertiary/aromatic N) is 2. The highest BCUT2D eigenvalue weighted by atomic mass is 19.4. The Kier molecular flexibility index (Phi) is 4.54. The van der Waals surface area contributed by atoms with Crippen molar-refractivity contribution in [1.82, 2.24) is 9.38 Å². The van der Waals surface area contributed by atoms with Gasteiger partial charge >= 0.3 is 6.36 Å². The van der Waals surface area contributed by atoms with Crippen LogP contribution in [0.15, 0.2) is 48.7 Å². The van der Waals surface area contributed by atoms with Crippen molar-refractivity contribution in [3.05, 3.63) is 60.0 Å². The van der Waals surface area contributed by atoms with Crippen molar-refractivity contribution in [3.63, 3.8) is 0 Å². The average Bonchev–Trinajstić information content (AvgIpc) is 2.89. The van der Waals surface area contributed by atoms with Crippen molar-refractivity contribution in [3.8, 4) is 5.75 Å². The molecule has 25 heavy (non-hydrogen) atoms. The molecule has 0 aliphatic heterocycles. The van der Waals surface area contributed by atoms with Crippen molar-refractivity contribution in [2.75, 3.05) is 5.32 Å². The Morgan fingerprint density at radius 2 is 1.92 bits per heavy atom. The van der Waals surface area contributed by atoms with Crippen LogP contribution in [0.5, 0.6) is 5.75 Å². The van der Waals surface area contributed by atoms with Crippen molar-refractivity contribution < 1.29 is 23.0 Å². The summed E-state index contributed by atoms with van der Waals surface area (Å²) in [6.45, 7) is 1.88. The van der Waals surface area contributed by atoms with Crippen LogP contribution in [0.3, 0.4) is 0 Å². The number of hydrogen-bond acceptors (Lipinski definition) is 4. The molecule has 3 aromatic rings. The number of aliphatic hydroxyl groups excluding tert-OH is 1. The zero-order valence-electron chi connectivity index (χ0n) is 13.3. The number of aryl methyl sites for hydroxylation is 1. The molecule has 0 saturated carbocycles. The highest BCUT2D eigenvalue weighted by molar-refractivity contribution is 5.47. The van der Waals surface area contributed by atoms with Gasteiger partial charge in [-0.15, -0.1) is 13.2 Å². The molecular formula is C17H16F3N3O2. The van der Waals surface area contributed by atoms with Crippen LogP contribution in [0, 0.1) is 6.92 Å². The number of alkyl halides is 3. The van der Waals surface area contributed by atoms with Crippen LogP contribution >= 0.6 is 0 Å². The Bertz CT molecular complexity index is 860. The molecule has 1 aromatic carbocycles. The fourth-order valence-electron chi connectivity index (χ4n) is 2.55. The third-order valence-electron chi connectivity index (χ3n) is 3.52. The summed E-state index contributed by atoms with van der Waals surface area (Å²) in [6, 6.07) is 10.8. The number of hydrogen-bond donors (Lipinski definition) is 2. The Hall–Kier alpha value is -2.74. The minimum Gasteiger partial charge on any atom is -0.406 e. The summed E-state index contributed by atoms with van der Waals surface area (Å²) < 4.78 is 42.1. The summed E-state index contributed by atoms with van der Waals surface area (Å²) >= 11 is 0. The number of pyridine rings is 1. The minimum atomic E-state index is -4.73. The van der Waals surface area contributed by atoms with E-state index in [0.29, 0.717) is 12.1 Å². The van der Waals surface area contributed by atoms with Crippen LogP contribution < -0.4 is 10.1 Å². The monoisotopic (exact) mass is 351 g/mol. The quantitative estimate of drug-likeness (QED) is 0.691. The first-order valence-corrected chi connectivity index (χ1v) is 7.54. The zero-order valence-corrected chi connectivity index (χ0v) is 13.3. The van der Waals surface area contributed by atoms with E-state index in [-0.39, 0.29) is 5.75 Å². The van der Waals surface area contributed by atoms with E-state index < -0.39 is 12.6 Å². The number of rotatable bonds is 5. The maximum atomic E-state index is 12.1. The lowest BCUT2D eigenvalue weighted by atomic mass is 10.2. The van der Waals surface area contributed by atoms with E-state index in [1.807, 2.05) is 35.7 Å². The topological polar surface area (TPSA) is 58.8 Å². The third kappa shape index (κ3) is 4.42. The van der Waals surface area contributed by atoms with Crippen molar-refractivity contribution in [2.24, 2.45) is 0 Å². The van der Waals surface area contributed by atoms with Gasteiger partial charge in [-0.05, 0) is 43.3 Å². The highest BCUT2D eigenvalue weighted by Crippen LogP contribution is 2.24. The van der Waals surface area contributed by atoms with Gasteiger partial charge in [-0.3, -0.25) is 0 Å². The average molecular weight is 351 g/mol. The van der Waals surface area contributed by atoms with Crippen molar-refractivity contribution in [1.29, 1.82) is 0 Å². The van der Waals surface area contributed by atoms with Gasteiger partial charge in [-0.1, -0.05) is 6.07 Å². The smallest absolute Gasteiger partial charge is 0.406 e. The second kappa shape index (κ2) is 6.64. The van der Waals surface area contributed by atoms with Gasteiger partial charge in [0.15, 0.2) is 0 Å². The molecule has 0 aliphatic carbocycles. The van der Waals surface area contributed by atoms with Gasteiger partial charge in [0.25, 0.3) is 0 Å². The summed E-state index contributed by atoms with van der Waals surface area (Å²) in [5.41, 5.74) is 3.00. The maximum Gasteiger partial charge on any atom is 0.573 e. The molecule has 0 spiro atoms. The molecule has 3 rings (SSSR count). The molecule has 2 aromatic heterocycles. The predicted molar refractivity (Wildman–Crippen MR) is 86.4 cm³/mol. The number of nitrogens with one attached hydrogen (secondary N) is 1. The number of aliphatic hydroxyl groups is 1. The zero-order chi connectivity index (χ0) is 18.0. The number of benzene rings is 1. The molecule has 132 valence electrons. The number of imidazole rings is 1.